The van der Waals surface area contributed by atoms with E-state index in [0.717, 1.165) is 19.3 Å². The first-order valence-corrected chi connectivity index (χ1v) is 6.49. The van der Waals surface area contributed by atoms with Crippen molar-refractivity contribution < 1.29 is 14.6 Å². The molecule has 6 heteroatoms. The van der Waals surface area contributed by atoms with Gasteiger partial charge < -0.3 is 15.2 Å². The van der Waals surface area contributed by atoms with Gasteiger partial charge in [-0.3, -0.25) is 4.79 Å². The molecule has 2 atom stereocenters. The van der Waals surface area contributed by atoms with E-state index >= 15 is 0 Å². The van der Waals surface area contributed by atoms with E-state index in [4.69, 9.17) is 4.74 Å². The van der Waals surface area contributed by atoms with Gasteiger partial charge >= 0.3 is 5.97 Å². The summed E-state index contributed by atoms with van der Waals surface area (Å²) in [4.78, 5) is 19.6. The zero-order valence-electron chi connectivity index (χ0n) is 11.2. The van der Waals surface area contributed by atoms with Crippen molar-refractivity contribution in [2.24, 2.45) is 5.92 Å². The minimum atomic E-state index is -0.741. The number of carbonyl (C=O) groups is 1. The van der Waals surface area contributed by atoms with Gasteiger partial charge in [-0.1, -0.05) is 12.8 Å². The van der Waals surface area contributed by atoms with Crippen LogP contribution in [0.4, 0.5) is 5.82 Å². The first-order chi connectivity index (χ1) is 9.10. The van der Waals surface area contributed by atoms with Crippen molar-refractivity contribution in [1.29, 1.82) is 0 Å². The highest BCUT2D eigenvalue weighted by Crippen LogP contribution is 2.27. The molecule has 1 aliphatic rings. The van der Waals surface area contributed by atoms with Crippen LogP contribution in [0.5, 0.6) is 5.88 Å². The lowest BCUT2D eigenvalue weighted by atomic mass is 9.84. The predicted octanol–water partition coefficient (Wildman–Crippen LogP) is 1.85. The lowest BCUT2D eigenvalue weighted by Gasteiger charge is -2.29. The van der Waals surface area contributed by atoms with E-state index in [1.807, 2.05) is 0 Å². The van der Waals surface area contributed by atoms with Crippen LogP contribution >= 0.6 is 0 Å². The number of nitrogens with one attached hydrogen (secondary N) is 1. The summed E-state index contributed by atoms with van der Waals surface area (Å²) in [5.74, 6) is 0.620. The molecule has 0 amide bonds. The van der Waals surface area contributed by atoms with Crippen molar-refractivity contribution in [1.82, 2.24) is 9.97 Å². The molecule has 6 nitrogen and oxygen atoms in total. The summed E-state index contributed by atoms with van der Waals surface area (Å²) < 4.78 is 5.09. The Morgan fingerprint density at radius 2 is 2.16 bits per heavy atom. The topological polar surface area (TPSA) is 84.3 Å². The first-order valence-electron chi connectivity index (χ1n) is 6.49. The minimum absolute atomic E-state index is 0.0785. The molecular formula is C13H19N3O3. The van der Waals surface area contributed by atoms with Crippen molar-refractivity contribution >= 4 is 11.8 Å². The first kappa shape index (κ1) is 13.6. The smallest absolute Gasteiger partial charge is 0.308 e. The summed E-state index contributed by atoms with van der Waals surface area (Å²) in [6.07, 6.45) is 3.58. The molecule has 1 fully saturated rings. The Morgan fingerprint density at radius 1 is 1.42 bits per heavy atom. The Kier molecular flexibility index (Phi) is 4.19. The van der Waals surface area contributed by atoms with E-state index in [2.05, 4.69) is 15.3 Å². The Balaban J connectivity index is 2.14. The molecule has 2 N–H and O–H groups in total. The summed E-state index contributed by atoms with van der Waals surface area (Å²) in [6.45, 7) is 1.78. The summed E-state index contributed by atoms with van der Waals surface area (Å²) in [5.41, 5.74) is 0. The van der Waals surface area contributed by atoms with E-state index in [1.165, 1.54) is 0 Å². The van der Waals surface area contributed by atoms with Crippen molar-refractivity contribution in [3.05, 3.63) is 11.9 Å². The fraction of sp³-hybridized carbons (Fsp3) is 0.615. The van der Waals surface area contributed by atoms with Crippen LogP contribution in [0.1, 0.15) is 31.5 Å². The third-order valence-electron chi connectivity index (χ3n) is 3.44. The monoisotopic (exact) mass is 265 g/mol. The highest BCUT2D eigenvalue weighted by atomic mass is 16.5. The van der Waals surface area contributed by atoms with Crippen molar-refractivity contribution in [2.45, 2.75) is 38.6 Å². The van der Waals surface area contributed by atoms with Crippen LogP contribution in [0.2, 0.25) is 0 Å². The SMILES string of the molecule is COc1cc(NC2CCCCC2C(=O)O)nc(C)n1. The average molecular weight is 265 g/mol. The molecular weight excluding hydrogens is 246 g/mol. The number of carboxylic acids is 1. The van der Waals surface area contributed by atoms with Crippen LogP contribution in [0.3, 0.4) is 0 Å². The highest BCUT2D eigenvalue weighted by Gasteiger charge is 2.31. The molecule has 1 aromatic heterocycles. The summed E-state index contributed by atoms with van der Waals surface area (Å²) in [6, 6.07) is 1.62. The van der Waals surface area contributed by atoms with E-state index in [0.29, 0.717) is 23.9 Å². The number of carboxylic acid groups (broad SMARTS) is 1. The molecule has 2 unspecified atom stereocenters. The third-order valence-corrected chi connectivity index (χ3v) is 3.44. The zero-order chi connectivity index (χ0) is 13.8. The molecule has 0 radical (unpaired) electrons. The summed E-state index contributed by atoms with van der Waals surface area (Å²) in [5, 5.41) is 12.5. The molecule has 0 aromatic carbocycles. The predicted molar refractivity (Wildman–Crippen MR) is 70.3 cm³/mol. The van der Waals surface area contributed by atoms with Crippen LogP contribution < -0.4 is 10.1 Å². The number of hydrogen-bond acceptors (Lipinski definition) is 5. The van der Waals surface area contributed by atoms with E-state index in [9.17, 15) is 9.90 Å². The number of nitrogens with zero attached hydrogens (tertiary/aromatic N) is 2. The fourth-order valence-corrected chi connectivity index (χ4v) is 2.51. The molecule has 1 saturated carbocycles. The maximum atomic E-state index is 11.2. The molecule has 1 aromatic rings. The van der Waals surface area contributed by atoms with Gasteiger partial charge in [0.15, 0.2) is 0 Å². The number of anilines is 1. The van der Waals surface area contributed by atoms with Crippen LogP contribution in [0.15, 0.2) is 6.07 Å². The second-order valence-electron chi connectivity index (χ2n) is 4.82. The maximum Gasteiger partial charge on any atom is 0.308 e. The largest absolute Gasteiger partial charge is 0.481 e. The van der Waals surface area contributed by atoms with Gasteiger partial charge in [-0.15, -0.1) is 0 Å². The number of methoxy groups -OCH3 is 1. The molecule has 104 valence electrons. The molecule has 2 rings (SSSR count). The normalized spacial score (nSPS) is 22.8. The summed E-state index contributed by atoms with van der Waals surface area (Å²) in [7, 11) is 1.55. The van der Waals surface area contributed by atoms with Gasteiger partial charge in [0.1, 0.15) is 11.6 Å². The lowest BCUT2D eigenvalue weighted by molar-refractivity contribution is -0.143. The second-order valence-corrected chi connectivity index (χ2v) is 4.82. The number of aryl methyl sites for hydroxylation is 1. The number of ether oxygens (including phenoxy) is 1. The third kappa shape index (κ3) is 3.33. The van der Waals surface area contributed by atoms with E-state index in [1.54, 1.807) is 20.1 Å². The lowest BCUT2D eigenvalue weighted by Crippen LogP contribution is -2.37. The number of aromatic nitrogens is 2. The fourth-order valence-electron chi connectivity index (χ4n) is 2.51. The van der Waals surface area contributed by atoms with Crippen LogP contribution in [0.25, 0.3) is 0 Å². The van der Waals surface area contributed by atoms with Gasteiger partial charge in [0.25, 0.3) is 0 Å². The zero-order valence-corrected chi connectivity index (χ0v) is 11.2. The van der Waals surface area contributed by atoms with Crippen LogP contribution in [-0.2, 0) is 4.79 Å². The van der Waals surface area contributed by atoms with E-state index < -0.39 is 5.97 Å². The molecule has 0 bridgehead atoms. The van der Waals surface area contributed by atoms with Gasteiger partial charge in [0, 0.05) is 12.1 Å². The average Bonchev–Trinajstić information content (AvgIpc) is 2.38. The number of aliphatic carboxylic acids is 1. The Hall–Kier alpha value is -1.85. The molecule has 0 aliphatic heterocycles. The summed E-state index contributed by atoms with van der Waals surface area (Å²) >= 11 is 0. The number of rotatable bonds is 4. The van der Waals surface area contributed by atoms with Crippen molar-refractivity contribution in [3.8, 4) is 5.88 Å². The van der Waals surface area contributed by atoms with Gasteiger partial charge in [0.2, 0.25) is 5.88 Å². The van der Waals surface area contributed by atoms with Gasteiger partial charge in [-0.25, -0.2) is 4.98 Å². The Labute approximate surface area is 112 Å². The Bertz CT molecular complexity index is 464. The maximum absolute atomic E-state index is 11.2. The quantitative estimate of drug-likeness (QED) is 0.864. The van der Waals surface area contributed by atoms with Crippen molar-refractivity contribution in [2.75, 3.05) is 12.4 Å². The minimum Gasteiger partial charge on any atom is -0.481 e. The second kappa shape index (κ2) is 5.86. The Morgan fingerprint density at radius 3 is 2.84 bits per heavy atom. The molecule has 0 saturated heterocycles. The molecule has 19 heavy (non-hydrogen) atoms. The van der Waals surface area contributed by atoms with E-state index in [-0.39, 0.29) is 12.0 Å². The van der Waals surface area contributed by atoms with Gasteiger partial charge in [-0.05, 0) is 19.8 Å². The molecule has 1 aliphatic carbocycles. The van der Waals surface area contributed by atoms with Gasteiger partial charge in [-0.2, -0.15) is 4.98 Å². The highest BCUT2D eigenvalue weighted by molar-refractivity contribution is 5.71. The van der Waals surface area contributed by atoms with Crippen LogP contribution in [0, 0.1) is 12.8 Å². The molecule has 1 heterocycles. The van der Waals surface area contributed by atoms with Gasteiger partial charge in [0.05, 0.1) is 13.0 Å². The van der Waals surface area contributed by atoms with Crippen molar-refractivity contribution in [3.63, 3.8) is 0 Å². The van der Waals surface area contributed by atoms with Crippen LogP contribution in [-0.4, -0.2) is 34.2 Å². The standard InChI is InChI=1S/C13H19N3O3/c1-8-14-11(7-12(15-8)19-2)16-10-6-4-3-5-9(10)13(17)18/h7,9-10H,3-6H2,1-2H3,(H,17,18)(H,14,15,16). The number of hydrogen-bond donors (Lipinski definition) is 2. The molecule has 0 spiro atoms.